The summed E-state index contributed by atoms with van der Waals surface area (Å²) >= 11 is 6.24. The van der Waals surface area contributed by atoms with Crippen molar-refractivity contribution in [3.8, 4) is 11.5 Å². The zero-order valence-corrected chi connectivity index (χ0v) is 23.0. The van der Waals surface area contributed by atoms with Crippen molar-refractivity contribution in [1.82, 2.24) is 0 Å². The van der Waals surface area contributed by atoms with Crippen LogP contribution in [0.1, 0.15) is 43.1 Å². The average Bonchev–Trinajstić information content (AvgIpc) is 2.96. The zero-order valence-electron chi connectivity index (χ0n) is 21.4. The summed E-state index contributed by atoms with van der Waals surface area (Å²) in [7, 11) is -1.30. The second kappa shape index (κ2) is 11.5. The highest BCUT2D eigenvalue weighted by molar-refractivity contribution is 7.92. The Hall–Kier alpha value is -2.90. The molecular formula is C25H31ClN2O9S. The van der Waals surface area contributed by atoms with E-state index in [1.807, 2.05) is 0 Å². The molecule has 3 rings (SSSR count). The van der Waals surface area contributed by atoms with Gasteiger partial charge in [-0.15, -0.1) is 0 Å². The van der Waals surface area contributed by atoms with Gasteiger partial charge >= 0.3 is 0 Å². The fourth-order valence-electron chi connectivity index (χ4n) is 4.55. The lowest BCUT2D eigenvalue weighted by Gasteiger charge is -2.37. The molecule has 11 nitrogen and oxygen atoms in total. The van der Waals surface area contributed by atoms with Crippen LogP contribution in [0.3, 0.4) is 0 Å². The molecule has 1 heterocycles. The summed E-state index contributed by atoms with van der Waals surface area (Å²) < 4.78 is 42.8. The maximum atomic E-state index is 13.3. The zero-order chi connectivity index (χ0) is 28.4. The van der Waals surface area contributed by atoms with Crippen LogP contribution in [0.2, 0.25) is 5.02 Å². The van der Waals surface area contributed by atoms with Crippen molar-refractivity contribution in [3.63, 3.8) is 0 Å². The van der Waals surface area contributed by atoms with Crippen LogP contribution in [-0.4, -0.2) is 63.6 Å². The van der Waals surface area contributed by atoms with Gasteiger partial charge in [-0.05, 0) is 30.7 Å². The van der Waals surface area contributed by atoms with Crippen LogP contribution in [0.25, 0.3) is 0 Å². The molecule has 2 aromatic rings. The Labute approximate surface area is 226 Å². The van der Waals surface area contributed by atoms with E-state index in [-0.39, 0.29) is 28.4 Å². The van der Waals surface area contributed by atoms with Crippen LogP contribution in [0, 0.1) is 5.41 Å². The monoisotopic (exact) mass is 570 g/mol. The first-order valence-electron chi connectivity index (χ1n) is 11.5. The van der Waals surface area contributed by atoms with Crippen molar-refractivity contribution in [1.29, 1.82) is 0 Å². The number of hydrogen-bond donors (Lipinski definition) is 3. The number of methoxy groups -OCH3 is 2. The molecule has 0 saturated carbocycles. The van der Waals surface area contributed by atoms with Gasteiger partial charge < -0.3 is 30.2 Å². The van der Waals surface area contributed by atoms with Gasteiger partial charge in [0.1, 0.15) is 6.10 Å². The summed E-state index contributed by atoms with van der Waals surface area (Å²) in [5, 5.41) is 22.2. The molecule has 0 radical (unpaired) electrons. The smallest absolute Gasteiger partial charge is 0.270 e. The Morgan fingerprint density at radius 2 is 1.92 bits per heavy atom. The molecule has 38 heavy (non-hydrogen) atoms. The van der Waals surface area contributed by atoms with Gasteiger partial charge in [0.05, 0.1) is 51.4 Å². The van der Waals surface area contributed by atoms with Gasteiger partial charge in [-0.2, -0.15) is 0 Å². The summed E-state index contributed by atoms with van der Waals surface area (Å²) in [6.07, 6.45) is -3.84. The Bertz CT molecular complexity index is 1320. The molecule has 208 valence electrons. The summed E-state index contributed by atoms with van der Waals surface area (Å²) in [5.41, 5.74) is 4.53. The molecule has 0 bridgehead atoms. The molecule has 4 N–H and O–H groups in total. The van der Waals surface area contributed by atoms with E-state index in [9.17, 15) is 28.2 Å². The number of fused-ring (bicyclic) bond motifs is 1. The van der Waals surface area contributed by atoms with Gasteiger partial charge in [0, 0.05) is 21.6 Å². The molecule has 0 aliphatic carbocycles. The predicted octanol–water partition coefficient (Wildman–Crippen LogP) is 2.09. The minimum atomic E-state index is -4.16. The number of ether oxygens (including phenoxy) is 3. The number of para-hydroxylation sites is 1. The van der Waals surface area contributed by atoms with Crippen LogP contribution in [0.5, 0.6) is 11.5 Å². The van der Waals surface area contributed by atoms with Gasteiger partial charge in [-0.3, -0.25) is 9.59 Å². The minimum absolute atomic E-state index is 0.0207. The highest BCUT2D eigenvalue weighted by atomic mass is 35.5. The van der Waals surface area contributed by atoms with E-state index in [2.05, 4.69) is 0 Å². The number of aliphatic hydroxyl groups excluding tert-OH is 2. The number of benzene rings is 2. The first-order chi connectivity index (χ1) is 17.8. The van der Waals surface area contributed by atoms with Crippen molar-refractivity contribution in [2.45, 2.75) is 38.1 Å². The largest absolute Gasteiger partial charge is 0.493 e. The fraction of sp³-hybridized carbons (Fsp3) is 0.440. The molecule has 0 aromatic heterocycles. The summed E-state index contributed by atoms with van der Waals surface area (Å²) in [4.78, 5) is 25.1. The van der Waals surface area contributed by atoms with Crippen LogP contribution in [0.15, 0.2) is 36.4 Å². The lowest BCUT2D eigenvalue weighted by Crippen LogP contribution is -2.44. The maximum Gasteiger partial charge on any atom is 0.270 e. The first-order valence-corrected chi connectivity index (χ1v) is 13.8. The van der Waals surface area contributed by atoms with E-state index in [1.165, 1.54) is 32.4 Å². The third-order valence-electron chi connectivity index (χ3n) is 6.48. The summed E-state index contributed by atoms with van der Waals surface area (Å²) in [6.45, 7) is 1.04. The van der Waals surface area contributed by atoms with Crippen LogP contribution >= 0.6 is 11.6 Å². The van der Waals surface area contributed by atoms with Crippen LogP contribution < -0.4 is 19.5 Å². The Morgan fingerprint density at radius 3 is 2.47 bits per heavy atom. The number of amides is 2. The second-order valence-electron chi connectivity index (χ2n) is 9.35. The van der Waals surface area contributed by atoms with E-state index in [0.717, 1.165) is 6.26 Å². The second-order valence-corrected chi connectivity index (χ2v) is 11.6. The predicted molar refractivity (Wildman–Crippen MR) is 140 cm³/mol. The van der Waals surface area contributed by atoms with Crippen molar-refractivity contribution in [3.05, 3.63) is 52.5 Å². The Kier molecular flexibility index (Phi) is 8.94. The highest BCUT2D eigenvalue weighted by Crippen LogP contribution is 2.49. The molecule has 2 aromatic carbocycles. The number of nitrogens with zero attached hydrogens (tertiary/aromatic N) is 1. The van der Waals surface area contributed by atoms with E-state index in [4.69, 9.17) is 31.5 Å². The van der Waals surface area contributed by atoms with Crippen molar-refractivity contribution >= 4 is 39.1 Å². The molecule has 13 heteroatoms. The SMILES string of the molecule is COc1cccc(C(O)C(C)(CO)C[C@@H]2O[C@H](CC(N)=O)C(=O)N(S(C)(=O)=O)c3ccc(Cl)cc32)c1OC. The topological polar surface area (TPSA) is 166 Å². The van der Waals surface area contributed by atoms with E-state index < -0.39 is 58.6 Å². The standard InChI is InChI=1S/C25H31ClN2O9S/c1-25(13-29,23(31)15-6-5-7-18(35-2)22(15)36-3)12-20-16-10-14(26)8-9-17(16)28(38(4,33)34)24(32)19(37-20)11-21(27)30/h5-10,19-20,23,29,31H,11-13H2,1-4H3,(H2,27,30)/t19-,20+,23?,25?/m1/s1. The van der Waals surface area contributed by atoms with E-state index in [1.54, 1.807) is 25.1 Å². The van der Waals surface area contributed by atoms with Gasteiger partial charge in [0.2, 0.25) is 15.9 Å². The number of carbonyl (C=O) groups is 2. The summed E-state index contributed by atoms with van der Waals surface area (Å²) in [5.74, 6) is -1.26. The molecule has 1 aliphatic rings. The number of rotatable bonds is 10. The number of nitrogens with two attached hydrogens (primary N) is 1. The lowest BCUT2D eigenvalue weighted by atomic mass is 9.75. The molecule has 0 saturated heterocycles. The average molecular weight is 571 g/mol. The van der Waals surface area contributed by atoms with Crippen molar-refractivity contribution < 1.29 is 42.4 Å². The third-order valence-corrected chi connectivity index (χ3v) is 7.75. The fourth-order valence-corrected chi connectivity index (χ4v) is 5.70. The lowest BCUT2D eigenvalue weighted by molar-refractivity contribution is -0.141. The number of hydrogen-bond acceptors (Lipinski definition) is 9. The number of primary amides is 1. The molecule has 2 unspecified atom stereocenters. The van der Waals surface area contributed by atoms with Crippen molar-refractivity contribution in [2.75, 3.05) is 31.4 Å². The van der Waals surface area contributed by atoms with E-state index in [0.29, 0.717) is 15.6 Å². The molecular weight excluding hydrogens is 540 g/mol. The number of carbonyl (C=O) groups excluding carboxylic acids is 2. The maximum absolute atomic E-state index is 13.3. The van der Waals surface area contributed by atoms with Crippen molar-refractivity contribution in [2.24, 2.45) is 11.1 Å². The molecule has 0 fully saturated rings. The number of halogens is 1. The highest BCUT2D eigenvalue weighted by Gasteiger charge is 2.45. The van der Waals surface area contributed by atoms with Gasteiger partial charge in [0.25, 0.3) is 5.91 Å². The van der Waals surface area contributed by atoms with Crippen LogP contribution in [-0.2, 0) is 24.3 Å². The first kappa shape index (κ1) is 29.7. The van der Waals surface area contributed by atoms with Crippen LogP contribution in [0.4, 0.5) is 5.69 Å². The molecule has 2 amide bonds. The normalized spacial score (nSPS) is 20.2. The molecule has 0 spiro atoms. The van der Waals surface area contributed by atoms with Gasteiger partial charge in [0.15, 0.2) is 11.5 Å². The van der Waals surface area contributed by atoms with Gasteiger partial charge in [-0.1, -0.05) is 30.7 Å². The Morgan fingerprint density at radius 1 is 1.24 bits per heavy atom. The summed E-state index contributed by atoms with van der Waals surface area (Å²) in [6, 6.07) is 9.13. The van der Waals surface area contributed by atoms with Gasteiger partial charge in [-0.25, -0.2) is 12.7 Å². The molecule has 4 atom stereocenters. The number of aliphatic hydroxyl groups is 2. The quantitative estimate of drug-likeness (QED) is 0.387. The molecule has 1 aliphatic heterocycles. The third kappa shape index (κ3) is 5.89. The Balaban J connectivity index is 2.17. The number of anilines is 1. The van der Waals surface area contributed by atoms with E-state index >= 15 is 0 Å². The minimum Gasteiger partial charge on any atom is -0.493 e. The number of sulfonamides is 1.